The summed E-state index contributed by atoms with van der Waals surface area (Å²) in [5.41, 5.74) is 4.53. The predicted molar refractivity (Wildman–Crippen MR) is 128 cm³/mol. The molecule has 0 aliphatic heterocycles. The number of hydrogen-bond acceptors (Lipinski definition) is 3. The molecule has 3 aromatic rings. The van der Waals surface area contributed by atoms with Gasteiger partial charge in [0, 0.05) is 27.0 Å². The van der Waals surface area contributed by atoms with Gasteiger partial charge in [0.15, 0.2) is 5.11 Å². The summed E-state index contributed by atoms with van der Waals surface area (Å²) >= 11 is 8.64. The molecule has 0 heterocycles. The molecule has 0 atom stereocenters. The molecule has 3 aromatic carbocycles. The molecule has 0 saturated heterocycles. The van der Waals surface area contributed by atoms with E-state index in [0.29, 0.717) is 22.5 Å². The van der Waals surface area contributed by atoms with Crippen molar-refractivity contribution in [1.29, 1.82) is 0 Å². The van der Waals surface area contributed by atoms with Gasteiger partial charge in [-0.05, 0) is 80.2 Å². The SMILES string of the molecule is Cc1cccc(C(=O)Nc2ccc(NC(=S)NC(=O)c3ccc(C)c(Br)c3)cc2)c1. The molecule has 0 spiro atoms. The smallest absolute Gasteiger partial charge is 0.257 e. The van der Waals surface area contributed by atoms with Crippen LogP contribution in [0.3, 0.4) is 0 Å². The zero-order valence-electron chi connectivity index (χ0n) is 16.5. The lowest BCUT2D eigenvalue weighted by atomic mass is 10.1. The van der Waals surface area contributed by atoms with Crippen molar-refractivity contribution in [1.82, 2.24) is 5.32 Å². The van der Waals surface area contributed by atoms with Crippen LogP contribution in [-0.4, -0.2) is 16.9 Å². The lowest BCUT2D eigenvalue weighted by Crippen LogP contribution is -2.34. The summed E-state index contributed by atoms with van der Waals surface area (Å²) in [6.07, 6.45) is 0. The van der Waals surface area contributed by atoms with E-state index in [1.807, 2.05) is 38.1 Å². The molecule has 30 heavy (non-hydrogen) atoms. The minimum absolute atomic E-state index is 0.175. The van der Waals surface area contributed by atoms with Crippen LogP contribution in [-0.2, 0) is 0 Å². The Balaban J connectivity index is 1.57. The molecule has 152 valence electrons. The molecule has 5 nitrogen and oxygen atoms in total. The Bertz CT molecular complexity index is 1110. The summed E-state index contributed by atoms with van der Waals surface area (Å²) in [5, 5.41) is 8.66. The lowest BCUT2D eigenvalue weighted by Gasteiger charge is -2.11. The number of carbonyl (C=O) groups is 2. The van der Waals surface area contributed by atoms with Gasteiger partial charge in [0.05, 0.1) is 0 Å². The molecular formula is C23H20BrN3O2S. The van der Waals surface area contributed by atoms with Crippen molar-refractivity contribution < 1.29 is 9.59 Å². The fourth-order valence-corrected chi connectivity index (χ4v) is 3.29. The first-order valence-corrected chi connectivity index (χ1v) is 10.4. The number of benzene rings is 3. The first-order chi connectivity index (χ1) is 14.3. The first-order valence-electron chi connectivity index (χ1n) is 9.18. The zero-order valence-corrected chi connectivity index (χ0v) is 18.9. The maximum atomic E-state index is 12.3. The highest BCUT2D eigenvalue weighted by molar-refractivity contribution is 9.10. The summed E-state index contributed by atoms with van der Waals surface area (Å²) in [4.78, 5) is 24.7. The van der Waals surface area contributed by atoms with Gasteiger partial charge in [-0.3, -0.25) is 14.9 Å². The van der Waals surface area contributed by atoms with Crippen molar-refractivity contribution in [2.24, 2.45) is 0 Å². The van der Waals surface area contributed by atoms with E-state index in [1.54, 1.807) is 42.5 Å². The van der Waals surface area contributed by atoms with E-state index in [0.717, 1.165) is 15.6 Å². The van der Waals surface area contributed by atoms with Crippen LogP contribution in [0.1, 0.15) is 31.8 Å². The second-order valence-corrected chi connectivity index (χ2v) is 8.04. The average Bonchev–Trinajstić information content (AvgIpc) is 2.71. The Kier molecular flexibility index (Phi) is 6.97. The average molecular weight is 482 g/mol. The van der Waals surface area contributed by atoms with E-state index >= 15 is 0 Å². The van der Waals surface area contributed by atoms with E-state index in [2.05, 4.69) is 31.9 Å². The van der Waals surface area contributed by atoms with Crippen molar-refractivity contribution in [3.05, 3.63) is 93.5 Å². The molecule has 0 unspecified atom stereocenters. The van der Waals surface area contributed by atoms with E-state index in [-0.39, 0.29) is 16.9 Å². The van der Waals surface area contributed by atoms with Crippen LogP contribution in [0, 0.1) is 13.8 Å². The molecule has 2 amide bonds. The summed E-state index contributed by atoms with van der Waals surface area (Å²) < 4.78 is 0.859. The molecule has 0 aromatic heterocycles. The number of rotatable bonds is 4. The van der Waals surface area contributed by atoms with Gasteiger partial charge in [-0.25, -0.2) is 0 Å². The third-order valence-electron chi connectivity index (χ3n) is 4.34. The molecule has 3 rings (SSSR count). The van der Waals surface area contributed by atoms with Crippen LogP contribution in [0.15, 0.2) is 71.2 Å². The van der Waals surface area contributed by atoms with Crippen LogP contribution in [0.25, 0.3) is 0 Å². The number of amides is 2. The van der Waals surface area contributed by atoms with Gasteiger partial charge in [0.2, 0.25) is 0 Å². The molecule has 3 N–H and O–H groups in total. The summed E-state index contributed by atoms with van der Waals surface area (Å²) in [7, 11) is 0. The van der Waals surface area contributed by atoms with Crippen LogP contribution >= 0.6 is 28.1 Å². The van der Waals surface area contributed by atoms with Crippen molar-refractivity contribution in [2.45, 2.75) is 13.8 Å². The minimum atomic E-state index is -0.296. The molecule has 0 aliphatic rings. The van der Waals surface area contributed by atoms with Gasteiger partial charge in [-0.15, -0.1) is 0 Å². The van der Waals surface area contributed by atoms with E-state index in [9.17, 15) is 9.59 Å². The number of nitrogens with one attached hydrogen (secondary N) is 3. The maximum absolute atomic E-state index is 12.3. The molecule has 0 aliphatic carbocycles. The number of hydrogen-bond donors (Lipinski definition) is 3. The highest BCUT2D eigenvalue weighted by atomic mass is 79.9. The van der Waals surface area contributed by atoms with Crippen molar-refractivity contribution in [3.63, 3.8) is 0 Å². The number of carbonyl (C=O) groups excluding carboxylic acids is 2. The first kappa shape index (κ1) is 21.7. The van der Waals surface area contributed by atoms with Crippen molar-refractivity contribution in [3.8, 4) is 0 Å². The number of anilines is 2. The monoisotopic (exact) mass is 481 g/mol. The van der Waals surface area contributed by atoms with Crippen LogP contribution < -0.4 is 16.0 Å². The highest BCUT2D eigenvalue weighted by Gasteiger charge is 2.10. The minimum Gasteiger partial charge on any atom is -0.332 e. The highest BCUT2D eigenvalue weighted by Crippen LogP contribution is 2.18. The predicted octanol–water partition coefficient (Wildman–Crippen LogP) is 5.45. The van der Waals surface area contributed by atoms with Gasteiger partial charge in [-0.1, -0.05) is 39.7 Å². The summed E-state index contributed by atoms with van der Waals surface area (Å²) in [5.74, 6) is -0.471. The number of halogens is 1. The summed E-state index contributed by atoms with van der Waals surface area (Å²) in [6, 6.07) is 19.8. The van der Waals surface area contributed by atoms with Gasteiger partial charge < -0.3 is 10.6 Å². The van der Waals surface area contributed by atoms with Gasteiger partial charge in [-0.2, -0.15) is 0 Å². The second-order valence-electron chi connectivity index (χ2n) is 6.77. The van der Waals surface area contributed by atoms with Crippen molar-refractivity contribution >= 4 is 56.4 Å². The Morgan fingerprint density at radius 2 is 1.43 bits per heavy atom. The second kappa shape index (κ2) is 9.65. The number of thiocarbonyl (C=S) groups is 1. The molecule has 0 saturated carbocycles. The third-order valence-corrected chi connectivity index (χ3v) is 5.40. The Morgan fingerprint density at radius 1 is 0.800 bits per heavy atom. The van der Waals surface area contributed by atoms with Gasteiger partial charge in [0.1, 0.15) is 0 Å². The standard InChI is InChI=1S/C23H20BrN3O2S/c1-14-4-3-5-16(12-14)21(28)25-18-8-10-19(11-9-18)26-23(30)27-22(29)17-7-6-15(2)20(24)13-17/h3-13H,1-2H3,(H,25,28)(H2,26,27,29,30). The lowest BCUT2D eigenvalue weighted by molar-refractivity contribution is 0.0976. The van der Waals surface area contributed by atoms with Crippen LogP contribution in [0.2, 0.25) is 0 Å². The molecule has 0 bridgehead atoms. The number of aryl methyl sites for hydroxylation is 2. The molecule has 0 fully saturated rings. The van der Waals surface area contributed by atoms with E-state index in [4.69, 9.17) is 12.2 Å². The van der Waals surface area contributed by atoms with Gasteiger partial charge in [0.25, 0.3) is 11.8 Å². The van der Waals surface area contributed by atoms with Crippen molar-refractivity contribution in [2.75, 3.05) is 10.6 Å². The van der Waals surface area contributed by atoms with Crippen LogP contribution in [0.4, 0.5) is 11.4 Å². The maximum Gasteiger partial charge on any atom is 0.257 e. The molecule has 7 heteroatoms. The Labute approximate surface area is 189 Å². The van der Waals surface area contributed by atoms with E-state index < -0.39 is 0 Å². The zero-order chi connectivity index (χ0) is 21.7. The van der Waals surface area contributed by atoms with Crippen LogP contribution in [0.5, 0.6) is 0 Å². The fraction of sp³-hybridized carbons (Fsp3) is 0.0870. The quantitative estimate of drug-likeness (QED) is 0.433. The Morgan fingerprint density at radius 3 is 2.07 bits per heavy atom. The normalized spacial score (nSPS) is 10.2. The topological polar surface area (TPSA) is 70.2 Å². The Hall–Kier alpha value is -3.03. The summed E-state index contributed by atoms with van der Waals surface area (Å²) in [6.45, 7) is 3.89. The largest absolute Gasteiger partial charge is 0.332 e. The molecule has 0 radical (unpaired) electrons. The van der Waals surface area contributed by atoms with E-state index in [1.165, 1.54) is 0 Å². The fourth-order valence-electron chi connectivity index (χ4n) is 2.70. The van der Waals surface area contributed by atoms with Gasteiger partial charge >= 0.3 is 0 Å². The third kappa shape index (κ3) is 5.75. The molecular weight excluding hydrogens is 462 g/mol.